The van der Waals surface area contributed by atoms with Crippen molar-refractivity contribution in [3.8, 4) is 0 Å². The molecule has 0 spiro atoms. The molecular weight excluding hydrogens is 317 g/mol. The number of carboxylic acid groups (broad SMARTS) is 1. The molecule has 0 unspecified atom stereocenters. The molecule has 1 N–H and O–H groups in total. The van der Waals surface area contributed by atoms with Crippen LogP contribution in [0.4, 0.5) is 19.0 Å². The van der Waals surface area contributed by atoms with E-state index >= 15 is 0 Å². The zero-order valence-electron chi connectivity index (χ0n) is 12.2. The summed E-state index contributed by atoms with van der Waals surface area (Å²) in [6.45, 7) is 0.771. The summed E-state index contributed by atoms with van der Waals surface area (Å²) in [6.07, 6.45) is -3.31. The third-order valence-electron chi connectivity index (χ3n) is 3.64. The number of anilines is 1. The largest absolute Gasteiger partial charge is 0.481 e. The summed E-state index contributed by atoms with van der Waals surface area (Å²) in [5, 5.41) is 9.04. The van der Waals surface area contributed by atoms with Crippen LogP contribution in [-0.2, 0) is 9.53 Å². The topological polar surface area (TPSA) is 79.7 Å². The highest BCUT2D eigenvalue weighted by Crippen LogP contribution is 2.39. The predicted molar refractivity (Wildman–Crippen MR) is 73.1 cm³/mol. The van der Waals surface area contributed by atoms with Gasteiger partial charge in [0.05, 0.1) is 18.4 Å². The number of aromatic nitrogens is 1. The number of carbonyl (C=O) groups excluding carboxylic acids is 1. The van der Waals surface area contributed by atoms with E-state index in [0.717, 1.165) is 0 Å². The standard InChI is InChI=1S/C14H15F3N2O4/c1-2-23-13(22)8-4-3-5-18-11(8)19-6-9(12(20)21)10(7-19)14(15,16)17/h3-5,9-10H,2,6-7H2,1H3,(H,20,21)/t9-,10-/m1/s1. The summed E-state index contributed by atoms with van der Waals surface area (Å²) < 4.78 is 44.0. The molecule has 1 aromatic rings. The van der Waals surface area contributed by atoms with E-state index in [-0.39, 0.29) is 24.5 Å². The van der Waals surface area contributed by atoms with Gasteiger partial charge in [0.15, 0.2) is 0 Å². The minimum absolute atomic E-state index is 0.00366. The van der Waals surface area contributed by atoms with Gasteiger partial charge < -0.3 is 14.7 Å². The summed E-state index contributed by atoms with van der Waals surface area (Å²) in [4.78, 5) is 28.1. The molecular formula is C14H15F3N2O4. The lowest BCUT2D eigenvalue weighted by Crippen LogP contribution is -2.33. The van der Waals surface area contributed by atoms with Crippen LogP contribution in [0.3, 0.4) is 0 Å². The molecule has 1 aromatic heterocycles. The van der Waals surface area contributed by atoms with Crippen molar-refractivity contribution in [3.63, 3.8) is 0 Å². The predicted octanol–water partition coefficient (Wildman–Crippen LogP) is 1.96. The summed E-state index contributed by atoms with van der Waals surface area (Å²) in [5.41, 5.74) is 0.0151. The van der Waals surface area contributed by atoms with Crippen molar-refractivity contribution >= 4 is 17.8 Å². The van der Waals surface area contributed by atoms with Crippen molar-refractivity contribution in [1.82, 2.24) is 4.98 Å². The number of alkyl halides is 3. The molecule has 1 fully saturated rings. The van der Waals surface area contributed by atoms with E-state index in [4.69, 9.17) is 9.84 Å². The Morgan fingerprint density at radius 1 is 1.43 bits per heavy atom. The number of nitrogens with zero attached hydrogens (tertiary/aromatic N) is 2. The van der Waals surface area contributed by atoms with Gasteiger partial charge in [-0.1, -0.05) is 0 Å². The number of carboxylic acids is 1. The fourth-order valence-corrected chi connectivity index (χ4v) is 2.58. The average molecular weight is 332 g/mol. The molecule has 0 bridgehead atoms. The highest BCUT2D eigenvalue weighted by molar-refractivity contribution is 5.95. The minimum atomic E-state index is -4.64. The van der Waals surface area contributed by atoms with Crippen LogP contribution < -0.4 is 4.90 Å². The maximum atomic E-state index is 13.0. The molecule has 2 rings (SSSR count). The Kier molecular flexibility index (Phi) is 4.76. The van der Waals surface area contributed by atoms with Crippen LogP contribution >= 0.6 is 0 Å². The van der Waals surface area contributed by atoms with Crippen LogP contribution in [0, 0.1) is 11.8 Å². The number of pyridine rings is 1. The molecule has 1 aliphatic heterocycles. The van der Waals surface area contributed by atoms with Crippen molar-refractivity contribution in [2.45, 2.75) is 13.1 Å². The van der Waals surface area contributed by atoms with Crippen LogP contribution in [0.1, 0.15) is 17.3 Å². The summed E-state index contributed by atoms with van der Waals surface area (Å²) in [6, 6.07) is 2.85. The Morgan fingerprint density at radius 2 is 2.13 bits per heavy atom. The van der Waals surface area contributed by atoms with Crippen molar-refractivity contribution in [1.29, 1.82) is 0 Å². The lowest BCUT2D eigenvalue weighted by atomic mass is 9.96. The molecule has 1 aliphatic rings. The minimum Gasteiger partial charge on any atom is -0.481 e. The fraction of sp³-hybridized carbons (Fsp3) is 0.500. The Hall–Kier alpha value is -2.32. The molecule has 0 aliphatic carbocycles. The Morgan fingerprint density at radius 3 is 2.65 bits per heavy atom. The first kappa shape index (κ1) is 17.0. The smallest absolute Gasteiger partial charge is 0.394 e. The lowest BCUT2D eigenvalue weighted by Gasteiger charge is -2.20. The van der Waals surface area contributed by atoms with E-state index < -0.39 is 36.5 Å². The molecule has 6 nitrogen and oxygen atoms in total. The number of aliphatic carboxylic acids is 1. The van der Waals surface area contributed by atoms with Crippen molar-refractivity contribution < 1.29 is 32.6 Å². The van der Waals surface area contributed by atoms with Gasteiger partial charge >= 0.3 is 18.1 Å². The highest BCUT2D eigenvalue weighted by Gasteiger charge is 2.53. The van der Waals surface area contributed by atoms with Crippen LogP contribution in [0.5, 0.6) is 0 Å². The quantitative estimate of drug-likeness (QED) is 0.849. The number of hydrogen-bond acceptors (Lipinski definition) is 5. The first-order chi connectivity index (χ1) is 10.8. The van der Waals surface area contributed by atoms with Crippen molar-refractivity contribution in [3.05, 3.63) is 23.9 Å². The van der Waals surface area contributed by atoms with Gasteiger partial charge in [-0.15, -0.1) is 0 Å². The molecule has 0 amide bonds. The molecule has 0 saturated carbocycles. The van der Waals surface area contributed by atoms with Gasteiger partial charge in [0.1, 0.15) is 11.4 Å². The SMILES string of the molecule is CCOC(=O)c1cccnc1N1C[C@@H](C(F)(F)F)[C@H](C(=O)O)C1. The van der Waals surface area contributed by atoms with Gasteiger partial charge in [-0.3, -0.25) is 4.79 Å². The second kappa shape index (κ2) is 6.43. The van der Waals surface area contributed by atoms with Gasteiger partial charge in [0, 0.05) is 19.3 Å². The normalized spacial score (nSPS) is 21.3. The number of halogens is 3. The van der Waals surface area contributed by atoms with E-state index in [0.29, 0.717) is 0 Å². The summed E-state index contributed by atoms with van der Waals surface area (Å²) in [7, 11) is 0. The lowest BCUT2D eigenvalue weighted by molar-refractivity contribution is -0.187. The Balaban J connectivity index is 2.33. The maximum absolute atomic E-state index is 13.0. The molecule has 0 radical (unpaired) electrons. The average Bonchev–Trinajstić information content (AvgIpc) is 2.93. The number of ether oxygens (including phenoxy) is 1. The molecule has 0 aromatic carbocycles. The van der Waals surface area contributed by atoms with E-state index in [9.17, 15) is 22.8 Å². The molecule has 126 valence electrons. The zero-order chi connectivity index (χ0) is 17.2. The molecule has 9 heteroatoms. The summed E-state index contributed by atoms with van der Waals surface area (Å²) in [5.74, 6) is -5.85. The first-order valence-electron chi connectivity index (χ1n) is 6.92. The van der Waals surface area contributed by atoms with E-state index in [2.05, 4.69) is 4.98 Å². The second-order valence-electron chi connectivity index (χ2n) is 5.09. The molecule has 1 saturated heterocycles. The first-order valence-corrected chi connectivity index (χ1v) is 6.92. The molecule has 2 heterocycles. The maximum Gasteiger partial charge on any atom is 0.394 e. The third kappa shape index (κ3) is 3.54. The van der Waals surface area contributed by atoms with Crippen LogP contribution in [0.15, 0.2) is 18.3 Å². The number of esters is 1. The number of carbonyl (C=O) groups is 2. The van der Waals surface area contributed by atoms with Gasteiger partial charge in [-0.2, -0.15) is 13.2 Å². The monoisotopic (exact) mass is 332 g/mol. The summed E-state index contributed by atoms with van der Waals surface area (Å²) >= 11 is 0. The van der Waals surface area contributed by atoms with E-state index in [1.54, 1.807) is 6.92 Å². The van der Waals surface area contributed by atoms with Crippen LogP contribution in [-0.4, -0.2) is 47.9 Å². The zero-order valence-corrected chi connectivity index (χ0v) is 12.2. The van der Waals surface area contributed by atoms with Gasteiger partial charge in [0.2, 0.25) is 0 Å². The number of rotatable bonds is 4. The Bertz CT molecular complexity index is 606. The Labute approximate surface area is 129 Å². The van der Waals surface area contributed by atoms with Crippen molar-refractivity contribution in [2.24, 2.45) is 11.8 Å². The van der Waals surface area contributed by atoms with E-state index in [1.165, 1.54) is 23.2 Å². The van der Waals surface area contributed by atoms with Gasteiger partial charge in [-0.25, -0.2) is 9.78 Å². The number of hydrogen-bond donors (Lipinski definition) is 1. The molecule has 2 atom stereocenters. The fourth-order valence-electron chi connectivity index (χ4n) is 2.58. The van der Waals surface area contributed by atoms with Crippen LogP contribution in [0.2, 0.25) is 0 Å². The van der Waals surface area contributed by atoms with E-state index in [1.807, 2.05) is 0 Å². The van der Waals surface area contributed by atoms with Gasteiger partial charge in [-0.05, 0) is 19.1 Å². The van der Waals surface area contributed by atoms with Crippen molar-refractivity contribution in [2.75, 3.05) is 24.6 Å². The second-order valence-corrected chi connectivity index (χ2v) is 5.09. The van der Waals surface area contributed by atoms with Gasteiger partial charge in [0.25, 0.3) is 0 Å². The highest BCUT2D eigenvalue weighted by atomic mass is 19.4. The molecule has 23 heavy (non-hydrogen) atoms. The van der Waals surface area contributed by atoms with Crippen LogP contribution in [0.25, 0.3) is 0 Å². The third-order valence-corrected chi connectivity index (χ3v) is 3.64.